The summed E-state index contributed by atoms with van der Waals surface area (Å²) in [6.07, 6.45) is 2.40. The predicted molar refractivity (Wildman–Crippen MR) is 96.1 cm³/mol. The highest BCUT2D eigenvalue weighted by atomic mass is 79.9. The van der Waals surface area contributed by atoms with Crippen molar-refractivity contribution in [2.24, 2.45) is 0 Å². The molecule has 1 heterocycles. The molecule has 2 aliphatic rings. The number of carbonyl (C=O) groups is 1. The van der Waals surface area contributed by atoms with Crippen molar-refractivity contribution in [3.8, 4) is 0 Å². The van der Waals surface area contributed by atoms with Gasteiger partial charge in [0, 0.05) is 36.3 Å². The Morgan fingerprint density at radius 2 is 1.83 bits per heavy atom. The molecule has 0 bridgehead atoms. The molecule has 126 valence electrons. The molecule has 3 rings (SSSR count). The first-order valence-corrected chi connectivity index (χ1v) is 9.15. The molecule has 0 radical (unpaired) electrons. The first-order valence-electron chi connectivity index (χ1n) is 8.36. The Kier molecular flexibility index (Phi) is 4.59. The van der Waals surface area contributed by atoms with Crippen LogP contribution in [0.5, 0.6) is 0 Å². The van der Waals surface area contributed by atoms with Crippen LogP contribution >= 0.6 is 15.9 Å². The summed E-state index contributed by atoms with van der Waals surface area (Å²) in [7, 11) is 0. The fourth-order valence-corrected chi connectivity index (χ4v) is 3.48. The molecule has 1 aliphatic carbocycles. The molecule has 0 N–H and O–H groups in total. The van der Waals surface area contributed by atoms with E-state index < -0.39 is 5.60 Å². The number of ether oxygens (including phenoxy) is 1. The van der Waals surface area contributed by atoms with Crippen LogP contribution in [0.4, 0.5) is 10.5 Å². The minimum Gasteiger partial charge on any atom is -0.444 e. The van der Waals surface area contributed by atoms with E-state index >= 15 is 0 Å². The van der Waals surface area contributed by atoms with Crippen molar-refractivity contribution in [1.82, 2.24) is 4.90 Å². The Bertz CT molecular complexity index is 585. The zero-order valence-electron chi connectivity index (χ0n) is 14.1. The van der Waals surface area contributed by atoms with Gasteiger partial charge in [-0.25, -0.2) is 4.79 Å². The predicted octanol–water partition coefficient (Wildman–Crippen LogP) is 4.38. The van der Waals surface area contributed by atoms with Gasteiger partial charge in [0.05, 0.1) is 0 Å². The van der Waals surface area contributed by atoms with Gasteiger partial charge in [-0.05, 0) is 63.3 Å². The first kappa shape index (κ1) is 16.6. The standard InChI is InChI=1S/C18H25BrN2O2/c1-18(2,3)23-17(22)21-10-8-20(9-11-21)14-6-7-16(19)15(12-14)13-4-5-13/h6-7,12-13H,4-5,8-11H2,1-3H3. The van der Waals surface area contributed by atoms with Crippen LogP contribution in [-0.2, 0) is 4.74 Å². The molecule has 4 nitrogen and oxygen atoms in total. The lowest BCUT2D eigenvalue weighted by molar-refractivity contribution is 0.0240. The quantitative estimate of drug-likeness (QED) is 0.762. The minimum absolute atomic E-state index is 0.202. The van der Waals surface area contributed by atoms with Crippen LogP contribution in [0.3, 0.4) is 0 Å². The van der Waals surface area contributed by atoms with Crippen LogP contribution in [0, 0.1) is 0 Å². The molecular weight excluding hydrogens is 356 g/mol. The van der Waals surface area contributed by atoms with E-state index in [1.54, 1.807) is 0 Å². The number of carbonyl (C=O) groups excluding carboxylic acids is 1. The maximum absolute atomic E-state index is 12.1. The topological polar surface area (TPSA) is 32.8 Å². The Balaban J connectivity index is 1.61. The van der Waals surface area contributed by atoms with Gasteiger partial charge in [0.25, 0.3) is 0 Å². The van der Waals surface area contributed by atoms with Gasteiger partial charge >= 0.3 is 6.09 Å². The largest absolute Gasteiger partial charge is 0.444 e. The molecule has 5 heteroatoms. The summed E-state index contributed by atoms with van der Waals surface area (Å²) in [5.41, 5.74) is 2.26. The second-order valence-corrected chi connectivity index (χ2v) is 8.29. The lowest BCUT2D eigenvalue weighted by atomic mass is 10.1. The summed E-state index contributed by atoms with van der Waals surface area (Å²) < 4.78 is 6.67. The highest BCUT2D eigenvalue weighted by Gasteiger charge is 2.28. The van der Waals surface area contributed by atoms with Crippen molar-refractivity contribution >= 4 is 27.7 Å². The maximum atomic E-state index is 12.1. The molecule has 1 saturated heterocycles. The van der Waals surface area contributed by atoms with Gasteiger partial charge in [-0.2, -0.15) is 0 Å². The van der Waals surface area contributed by atoms with E-state index in [9.17, 15) is 4.79 Å². The lowest BCUT2D eigenvalue weighted by Gasteiger charge is -2.37. The van der Waals surface area contributed by atoms with Crippen LogP contribution in [0.2, 0.25) is 0 Å². The number of nitrogens with zero attached hydrogens (tertiary/aromatic N) is 2. The molecule has 2 fully saturated rings. The summed E-state index contributed by atoms with van der Waals surface area (Å²) >= 11 is 3.66. The third-order valence-electron chi connectivity index (χ3n) is 4.29. The minimum atomic E-state index is -0.431. The molecule has 0 unspecified atom stereocenters. The van der Waals surface area contributed by atoms with Gasteiger partial charge in [0.2, 0.25) is 0 Å². The van der Waals surface area contributed by atoms with Crippen LogP contribution < -0.4 is 4.90 Å². The van der Waals surface area contributed by atoms with E-state index in [0.717, 1.165) is 19.0 Å². The van der Waals surface area contributed by atoms with Crippen molar-refractivity contribution in [3.05, 3.63) is 28.2 Å². The SMILES string of the molecule is CC(C)(C)OC(=O)N1CCN(c2ccc(Br)c(C3CC3)c2)CC1. The molecule has 1 aromatic carbocycles. The van der Waals surface area contributed by atoms with E-state index in [4.69, 9.17) is 4.74 Å². The average molecular weight is 381 g/mol. The van der Waals surface area contributed by atoms with Gasteiger partial charge in [-0.3, -0.25) is 0 Å². The van der Waals surface area contributed by atoms with Crippen molar-refractivity contribution in [2.75, 3.05) is 31.1 Å². The Hall–Kier alpha value is -1.23. The lowest BCUT2D eigenvalue weighted by Crippen LogP contribution is -2.50. The van der Waals surface area contributed by atoms with Crippen molar-refractivity contribution in [1.29, 1.82) is 0 Å². The Labute approximate surface area is 146 Å². The van der Waals surface area contributed by atoms with Gasteiger partial charge in [-0.15, -0.1) is 0 Å². The number of amides is 1. The summed E-state index contributed by atoms with van der Waals surface area (Å²) in [6, 6.07) is 6.63. The van der Waals surface area contributed by atoms with Gasteiger partial charge < -0.3 is 14.5 Å². The number of rotatable bonds is 2. The number of hydrogen-bond acceptors (Lipinski definition) is 3. The Morgan fingerprint density at radius 3 is 2.39 bits per heavy atom. The molecule has 0 spiro atoms. The van der Waals surface area contributed by atoms with Gasteiger partial charge in [0.1, 0.15) is 5.60 Å². The van der Waals surface area contributed by atoms with E-state index in [0.29, 0.717) is 13.1 Å². The van der Waals surface area contributed by atoms with Crippen LogP contribution in [0.25, 0.3) is 0 Å². The fourth-order valence-electron chi connectivity index (χ4n) is 2.91. The van der Waals surface area contributed by atoms with E-state index in [-0.39, 0.29) is 6.09 Å². The molecule has 1 aliphatic heterocycles. The monoisotopic (exact) mass is 380 g/mol. The summed E-state index contributed by atoms with van der Waals surface area (Å²) in [5, 5.41) is 0. The highest BCUT2D eigenvalue weighted by molar-refractivity contribution is 9.10. The number of piperazine rings is 1. The van der Waals surface area contributed by atoms with Crippen molar-refractivity contribution in [3.63, 3.8) is 0 Å². The zero-order chi connectivity index (χ0) is 16.6. The smallest absolute Gasteiger partial charge is 0.410 e. The van der Waals surface area contributed by atoms with E-state index in [2.05, 4.69) is 39.0 Å². The summed E-state index contributed by atoms with van der Waals surface area (Å²) in [5.74, 6) is 0.729. The second kappa shape index (κ2) is 6.34. The average Bonchev–Trinajstić information content (AvgIpc) is 3.31. The normalized spacial score (nSPS) is 19.0. The van der Waals surface area contributed by atoms with Crippen LogP contribution in [-0.4, -0.2) is 42.8 Å². The van der Waals surface area contributed by atoms with Crippen LogP contribution in [0.1, 0.15) is 45.1 Å². The Morgan fingerprint density at radius 1 is 1.17 bits per heavy atom. The number of anilines is 1. The van der Waals surface area contributed by atoms with Crippen molar-refractivity contribution in [2.45, 2.75) is 45.1 Å². The maximum Gasteiger partial charge on any atom is 0.410 e. The van der Waals surface area contributed by atoms with Crippen molar-refractivity contribution < 1.29 is 9.53 Å². The number of benzene rings is 1. The number of hydrogen-bond donors (Lipinski definition) is 0. The molecule has 1 aromatic rings. The number of halogens is 1. The molecule has 1 saturated carbocycles. The van der Waals surface area contributed by atoms with E-state index in [1.807, 2.05) is 25.7 Å². The van der Waals surface area contributed by atoms with Crippen LogP contribution in [0.15, 0.2) is 22.7 Å². The van der Waals surface area contributed by atoms with Gasteiger partial charge in [-0.1, -0.05) is 15.9 Å². The van der Waals surface area contributed by atoms with E-state index in [1.165, 1.54) is 28.6 Å². The molecule has 23 heavy (non-hydrogen) atoms. The van der Waals surface area contributed by atoms with Gasteiger partial charge in [0.15, 0.2) is 0 Å². The molecular formula is C18H25BrN2O2. The molecule has 1 amide bonds. The highest BCUT2D eigenvalue weighted by Crippen LogP contribution is 2.44. The summed E-state index contributed by atoms with van der Waals surface area (Å²) in [6.45, 7) is 8.84. The first-order chi connectivity index (χ1) is 10.8. The fraction of sp³-hybridized carbons (Fsp3) is 0.611. The third-order valence-corrected chi connectivity index (χ3v) is 5.02. The molecule has 0 aromatic heterocycles. The second-order valence-electron chi connectivity index (χ2n) is 7.43. The summed E-state index contributed by atoms with van der Waals surface area (Å²) in [4.78, 5) is 16.3. The molecule has 0 atom stereocenters. The third kappa shape index (κ3) is 4.19. The zero-order valence-corrected chi connectivity index (χ0v) is 15.7.